The van der Waals surface area contributed by atoms with Crippen LogP contribution in [0.4, 0.5) is 5.95 Å². The Labute approximate surface area is 133 Å². The van der Waals surface area contributed by atoms with Gasteiger partial charge in [0, 0.05) is 12.0 Å². The summed E-state index contributed by atoms with van der Waals surface area (Å²) in [6.45, 7) is 0. The summed E-state index contributed by atoms with van der Waals surface area (Å²) in [5.74, 6) is 0.492. The fraction of sp³-hybridized carbons (Fsp3) is 0.0526. The van der Waals surface area contributed by atoms with Gasteiger partial charge in [-0.25, -0.2) is 4.98 Å². The van der Waals surface area contributed by atoms with Gasteiger partial charge in [0.25, 0.3) is 0 Å². The summed E-state index contributed by atoms with van der Waals surface area (Å²) in [6, 6.07) is 19.5. The summed E-state index contributed by atoms with van der Waals surface area (Å²) >= 11 is 0. The second-order valence-electron chi connectivity index (χ2n) is 5.60. The molecule has 0 fully saturated rings. The molecule has 0 radical (unpaired) electrons. The van der Waals surface area contributed by atoms with Gasteiger partial charge >= 0.3 is 0 Å². The number of benzene rings is 3. The molecule has 3 N–H and O–H groups in total. The molecule has 112 valence electrons. The van der Waals surface area contributed by atoms with Crippen molar-refractivity contribution < 1.29 is 4.79 Å². The van der Waals surface area contributed by atoms with Gasteiger partial charge in [0.05, 0.1) is 11.0 Å². The highest BCUT2D eigenvalue weighted by atomic mass is 16.1. The lowest BCUT2D eigenvalue weighted by Gasteiger charge is -2.06. The van der Waals surface area contributed by atoms with Gasteiger partial charge in [-0.1, -0.05) is 48.5 Å². The molecule has 3 aromatic carbocycles. The van der Waals surface area contributed by atoms with E-state index in [1.165, 1.54) is 0 Å². The lowest BCUT2D eigenvalue weighted by atomic mass is 9.97. The molecule has 4 rings (SSSR count). The van der Waals surface area contributed by atoms with Crippen LogP contribution < -0.4 is 5.73 Å². The van der Waals surface area contributed by atoms with Crippen molar-refractivity contribution in [3.8, 4) is 0 Å². The number of hydrogen-bond acceptors (Lipinski definition) is 3. The molecular formula is C19H15N3O. The summed E-state index contributed by atoms with van der Waals surface area (Å²) in [4.78, 5) is 19.9. The standard InChI is InChI=1S/C19H15N3O/c20-19-21-16-9-8-12(10-17(16)22-19)11-18(23)15-7-3-5-13-4-1-2-6-14(13)15/h1-10H,11H2,(H3,20,21,22). The Morgan fingerprint density at radius 3 is 2.78 bits per heavy atom. The van der Waals surface area contributed by atoms with Crippen molar-refractivity contribution in [2.24, 2.45) is 0 Å². The van der Waals surface area contributed by atoms with E-state index in [1.54, 1.807) is 0 Å². The van der Waals surface area contributed by atoms with Crippen LogP contribution in [0.5, 0.6) is 0 Å². The SMILES string of the molecule is Nc1nc2ccc(CC(=O)c3cccc4ccccc34)cc2[nH]1. The Bertz CT molecular complexity index is 1030. The first-order chi connectivity index (χ1) is 11.2. The first-order valence-electron chi connectivity index (χ1n) is 7.46. The number of aromatic amines is 1. The van der Waals surface area contributed by atoms with Gasteiger partial charge in [-0.15, -0.1) is 0 Å². The van der Waals surface area contributed by atoms with E-state index in [-0.39, 0.29) is 5.78 Å². The Kier molecular flexibility index (Phi) is 3.08. The zero-order chi connectivity index (χ0) is 15.8. The Morgan fingerprint density at radius 1 is 1.04 bits per heavy atom. The van der Waals surface area contributed by atoms with Crippen LogP contribution in [-0.4, -0.2) is 15.8 Å². The number of rotatable bonds is 3. The minimum absolute atomic E-state index is 0.105. The van der Waals surface area contributed by atoms with E-state index in [0.717, 1.165) is 32.9 Å². The third kappa shape index (κ3) is 2.44. The number of aromatic nitrogens is 2. The smallest absolute Gasteiger partial charge is 0.198 e. The monoisotopic (exact) mass is 301 g/mol. The minimum atomic E-state index is 0.105. The molecular weight excluding hydrogens is 286 g/mol. The van der Waals surface area contributed by atoms with Gasteiger partial charge < -0.3 is 10.7 Å². The Balaban J connectivity index is 1.70. The Morgan fingerprint density at radius 2 is 1.87 bits per heavy atom. The van der Waals surface area contributed by atoms with Crippen LogP contribution in [0.15, 0.2) is 60.7 Å². The van der Waals surface area contributed by atoms with Crippen molar-refractivity contribution in [1.29, 1.82) is 0 Å². The number of nitrogens with zero attached hydrogens (tertiary/aromatic N) is 1. The summed E-state index contributed by atoms with van der Waals surface area (Å²) in [5.41, 5.74) is 9.02. The molecule has 0 saturated carbocycles. The van der Waals surface area contributed by atoms with Gasteiger partial charge in [-0.3, -0.25) is 4.79 Å². The number of carbonyl (C=O) groups is 1. The maximum Gasteiger partial charge on any atom is 0.198 e. The third-order valence-electron chi connectivity index (χ3n) is 4.02. The molecule has 4 heteroatoms. The molecule has 1 heterocycles. The molecule has 0 aliphatic heterocycles. The van der Waals surface area contributed by atoms with Gasteiger partial charge in [0.1, 0.15) is 0 Å². The first kappa shape index (κ1) is 13.5. The molecule has 0 aliphatic carbocycles. The molecule has 0 aliphatic rings. The second kappa shape index (κ2) is 5.25. The average molecular weight is 301 g/mol. The average Bonchev–Trinajstić information content (AvgIpc) is 2.93. The maximum absolute atomic E-state index is 12.7. The summed E-state index contributed by atoms with van der Waals surface area (Å²) in [6.07, 6.45) is 0.350. The maximum atomic E-state index is 12.7. The van der Waals surface area contributed by atoms with Crippen molar-refractivity contribution in [3.05, 3.63) is 71.8 Å². The van der Waals surface area contributed by atoms with Gasteiger partial charge in [0.2, 0.25) is 0 Å². The van der Waals surface area contributed by atoms with Gasteiger partial charge in [0.15, 0.2) is 11.7 Å². The summed E-state index contributed by atoms with van der Waals surface area (Å²) in [5, 5.41) is 2.07. The molecule has 0 bridgehead atoms. The highest BCUT2D eigenvalue weighted by Crippen LogP contribution is 2.21. The van der Waals surface area contributed by atoms with E-state index in [2.05, 4.69) is 9.97 Å². The van der Waals surface area contributed by atoms with Crippen LogP contribution in [0.3, 0.4) is 0 Å². The van der Waals surface area contributed by atoms with Crippen molar-refractivity contribution in [1.82, 2.24) is 9.97 Å². The largest absolute Gasteiger partial charge is 0.369 e. The van der Waals surface area contributed by atoms with Crippen LogP contribution in [-0.2, 0) is 6.42 Å². The molecule has 0 spiro atoms. The van der Waals surface area contributed by atoms with Crippen LogP contribution in [0, 0.1) is 0 Å². The van der Waals surface area contributed by atoms with E-state index < -0.39 is 0 Å². The normalized spacial score (nSPS) is 11.1. The quantitative estimate of drug-likeness (QED) is 0.566. The number of nitrogens with two attached hydrogens (primary N) is 1. The van der Waals surface area contributed by atoms with Crippen LogP contribution >= 0.6 is 0 Å². The van der Waals surface area contributed by atoms with Crippen LogP contribution in [0.1, 0.15) is 15.9 Å². The lowest BCUT2D eigenvalue weighted by Crippen LogP contribution is -2.04. The van der Waals surface area contributed by atoms with E-state index in [9.17, 15) is 4.79 Å². The number of anilines is 1. The number of H-pyrrole nitrogens is 1. The number of ketones is 1. The summed E-state index contributed by atoms with van der Waals surface area (Å²) < 4.78 is 0. The third-order valence-corrected chi connectivity index (χ3v) is 4.02. The molecule has 23 heavy (non-hydrogen) atoms. The van der Waals surface area contributed by atoms with E-state index in [1.807, 2.05) is 60.7 Å². The number of carbonyl (C=O) groups excluding carboxylic acids is 1. The summed E-state index contributed by atoms with van der Waals surface area (Å²) in [7, 11) is 0. The van der Waals surface area contributed by atoms with Gasteiger partial charge in [-0.2, -0.15) is 0 Å². The first-order valence-corrected chi connectivity index (χ1v) is 7.46. The second-order valence-corrected chi connectivity index (χ2v) is 5.60. The molecule has 4 nitrogen and oxygen atoms in total. The molecule has 0 amide bonds. The number of imidazole rings is 1. The number of hydrogen-bond donors (Lipinski definition) is 2. The molecule has 1 aromatic heterocycles. The molecule has 0 saturated heterocycles. The van der Waals surface area contributed by atoms with Crippen LogP contribution in [0.2, 0.25) is 0 Å². The fourth-order valence-electron chi connectivity index (χ4n) is 2.94. The number of Topliss-reactive ketones (excluding diaryl/α,β-unsaturated/α-hetero) is 1. The van der Waals surface area contributed by atoms with Crippen molar-refractivity contribution in [2.75, 3.05) is 5.73 Å². The predicted molar refractivity (Wildman–Crippen MR) is 92.5 cm³/mol. The van der Waals surface area contributed by atoms with Crippen molar-refractivity contribution in [2.45, 2.75) is 6.42 Å². The topological polar surface area (TPSA) is 71.8 Å². The number of nitrogen functional groups attached to an aromatic ring is 1. The van der Waals surface area contributed by atoms with Crippen LogP contribution in [0.25, 0.3) is 21.8 Å². The minimum Gasteiger partial charge on any atom is -0.369 e. The van der Waals surface area contributed by atoms with Crippen molar-refractivity contribution >= 4 is 33.5 Å². The lowest BCUT2D eigenvalue weighted by molar-refractivity contribution is 0.0994. The predicted octanol–water partition coefficient (Wildman–Crippen LogP) is 3.72. The van der Waals surface area contributed by atoms with Crippen molar-refractivity contribution in [3.63, 3.8) is 0 Å². The molecule has 4 aromatic rings. The molecule has 0 unspecified atom stereocenters. The Hall–Kier alpha value is -3.14. The van der Waals surface area contributed by atoms with E-state index >= 15 is 0 Å². The zero-order valence-corrected chi connectivity index (χ0v) is 12.4. The van der Waals surface area contributed by atoms with E-state index in [0.29, 0.717) is 12.4 Å². The zero-order valence-electron chi connectivity index (χ0n) is 12.4. The highest BCUT2D eigenvalue weighted by molar-refractivity contribution is 6.09. The van der Waals surface area contributed by atoms with Gasteiger partial charge in [-0.05, 0) is 28.5 Å². The molecule has 0 atom stereocenters. The highest BCUT2D eigenvalue weighted by Gasteiger charge is 2.11. The fourth-order valence-corrected chi connectivity index (χ4v) is 2.94. The number of nitrogens with one attached hydrogen (secondary N) is 1. The number of fused-ring (bicyclic) bond motifs is 2. The van der Waals surface area contributed by atoms with E-state index in [4.69, 9.17) is 5.73 Å².